The lowest BCUT2D eigenvalue weighted by atomic mass is 9.55. The highest BCUT2D eigenvalue weighted by molar-refractivity contribution is 7.89. The third-order valence-electron chi connectivity index (χ3n) is 7.79. The number of allylic oxidation sites excluding steroid dienone is 1. The van der Waals surface area contributed by atoms with Gasteiger partial charge >= 0.3 is 0 Å². The van der Waals surface area contributed by atoms with E-state index in [9.17, 15) is 8.42 Å². The molecule has 0 radical (unpaired) electrons. The zero-order chi connectivity index (χ0) is 22.0. The minimum absolute atomic E-state index is 0.0986. The van der Waals surface area contributed by atoms with Crippen LogP contribution in [0.1, 0.15) is 48.4 Å². The van der Waals surface area contributed by atoms with Crippen molar-refractivity contribution >= 4 is 16.1 Å². The predicted octanol–water partition coefficient (Wildman–Crippen LogP) is 5.09. The first kappa shape index (κ1) is 20.8. The van der Waals surface area contributed by atoms with E-state index in [0.717, 1.165) is 30.6 Å². The molecule has 5 rings (SSSR count). The predicted molar refractivity (Wildman–Crippen MR) is 124 cm³/mol. The van der Waals surface area contributed by atoms with Gasteiger partial charge in [-0.3, -0.25) is 0 Å². The quantitative estimate of drug-likeness (QED) is 0.655. The van der Waals surface area contributed by atoms with Gasteiger partial charge in [0.05, 0.1) is 4.90 Å². The normalized spacial score (nSPS) is 28.5. The van der Waals surface area contributed by atoms with Crippen molar-refractivity contribution in [3.8, 4) is 5.75 Å². The fourth-order valence-corrected chi connectivity index (χ4v) is 7.18. The Hall–Kier alpha value is -2.11. The van der Waals surface area contributed by atoms with Gasteiger partial charge in [-0.1, -0.05) is 48.9 Å². The molecule has 2 aliphatic carbocycles. The molecule has 2 aromatic rings. The molecule has 1 aliphatic heterocycles. The van der Waals surface area contributed by atoms with E-state index < -0.39 is 10.0 Å². The third kappa shape index (κ3) is 3.00. The van der Waals surface area contributed by atoms with Crippen molar-refractivity contribution in [2.75, 3.05) is 13.6 Å². The maximum absolute atomic E-state index is 13.2. The lowest BCUT2D eigenvalue weighted by molar-refractivity contribution is 0.0195. The molecule has 5 heteroatoms. The Labute approximate surface area is 186 Å². The first-order valence-corrected chi connectivity index (χ1v) is 12.7. The van der Waals surface area contributed by atoms with Crippen LogP contribution in [-0.4, -0.2) is 32.4 Å². The summed E-state index contributed by atoms with van der Waals surface area (Å²) in [6, 6.07) is 11.5. The molecule has 164 valence electrons. The van der Waals surface area contributed by atoms with E-state index in [1.807, 2.05) is 19.1 Å². The minimum Gasteiger partial charge on any atom is -0.489 e. The van der Waals surface area contributed by atoms with E-state index in [0.29, 0.717) is 23.3 Å². The van der Waals surface area contributed by atoms with Crippen molar-refractivity contribution in [3.63, 3.8) is 0 Å². The van der Waals surface area contributed by atoms with Gasteiger partial charge < -0.3 is 4.74 Å². The van der Waals surface area contributed by atoms with Crippen LogP contribution in [0.25, 0.3) is 6.08 Å². The number of hydrogen-bond donors (Lipinski definition) is 0. The van der Waals surface area contributed by atoms with Gasteiger partial charge in [0, 0.05) is 24.6 Å². The summed E-state index contributed by atoms with van der Waals surface area (Å²) in [7, 11) is -1.82. The van der Waals surface area contributed by atoms with Crippen molar-refractivity contribution < 1.29 is 13.2 Å². The largest absolute Gasteiger partial charge is 0.489 e. The lowest BCUT2D eigenvalue weighted by Crippen LogP contribution is -2.53. The average molecular weight is 438 g/mol. The second kappa shape index (κ2) is 7.21. The molecule has 4 atom stereocenters. The molecule has 0 aromatic heterocycles. The zero-order valence-electron chi connectivity index (χ0n) is 18.8. The number of hydrogen-bond acceptors (Lipinski definition) is 3. The first-order chi connectivity index (χ1) is 14.7. The van der Waals surface area contributed by atoms with Crippen LogP contribution >= 0.6 is 0 Å². The van der Waals surface area contributed by atoms with Crippen LogP contribution in [0.3, 0.4) is 0 Å². The SMILES string of the molecule is Cc1ccc(S(=O)(=O)N(C)CC[C@@]23c4c5ccc(C)c4O[C@@H]2[C@@H](C)CC[C@@H]3C=C5)cc1. The fourth-order valence-electron chi connectivity index (χ4n) is 6.01. The number of benzene rings is 2. The second-order valence-electron chi connectivity index (χ2n) is 9.66. The number of rotatable bonds is 5. The van der Waals surface area contributed by atoms with Gasteiger partial charge in [-0.05, 0) is 68.2 Å². The summed E-state index contributed by atoms with van der Waals surface area (Å²) >= 11 is 0. The van der Waals surface area contributed by atoms with Gasteiger partial charge in [0.25, 0.3) is 0 Å². The molecule has 0 bridgehead atoms. The third-order valence-corrected chi connectivity index (χ3v) is 9.66. The van der Waals surface area contributed by atoms with Crippen molar-refractivity contribution in [2.45, 2.75) is 56.4 Å². The molecule has 0 saturated heterocycles. The van der Waals surface area contributed by atoms with E-state index in [1.54, 1.807) is 19.2 Å². The van der Waals surface area contributed by atoms with Crippen LogP contribution in [0.4, 0.5) is 0 Å². The summed E-state index contributed by atoms with van der Waals surface area (Å²) < 4.78 is 34.6. The number of nitrogens with zero attached hydrogens (tertiary/aromatic N) is 1. The molecule has 1 fully saturated rings. The molecule has 4 nitrogen and oxygen atoms in total. The van der Waals surface area contributed by atoms with Gasteiger partial charge in [-0.15, -0.1) is 0 Å². The van der Waals surface area contributed by atoms with Crippen LogP contribution in [-0.2, 0) is 15.4 Å². The van der Waals surface area contributed by atoms with Crippen molar-refractivity contribution in [1.82, 2.24) is 4.31 Å². The number of aryl methyl sites for hydroxylation is 2. The topological polar surface area (TPSA) is 46.6 Å². The molecule has 1 saturated carbocycles. The minimum atomic E-state index is -3.52. The van der Waals surface area contributed by atoms with Crippen LogP contribution in [0.5, 0.6) is 5.75 Å². The Morgan fingerprint density at radius 2 is 1.84 bits per heavy atom. The molecule has 0 unspecified atom stereocenters. The van der Waals surface area contributed by atoms with Crippen LogP contribution in [0, 0.1) is 25.7 Å². The first-order valence-electron chi connectivity index (χ1n) is 11.3. The van der Waals surface area contributed by atoms with Gasteiger partial charge in [0.1, 0.15) is 11.9 Å². The van der Waals surface area contributed by atoms with E-state index in [4.69, 9.17) is 4.74 Å². The van der Waals surface area contributed by atoms with Crippen LogP contribution in [0.15, 0.2) is 47.4 Å². The standard InChI is InChI=1S/C26H31NO3S/c1-17-5-13-22(14-6-17)31(28,29)27(4)16-15-26-21-11-8-19(3)25(26)30-24-18(2)7-9-20(10-12-21)23(24)26/h5-7,9-10,12-14,19,21,25H,8,11,15-16H2,1-4H3/t19-,21+,25+,26+/m0/s1. The maximum Gasteiger partial charge on any atom is 0.242 e. The van der Waals surface area contributed by atoms with Gasteiger partial charge in [-0.25, -0.2) is 12.7 Å². The molecule has 0 amide bonds. The van der Waals surface area contributed by atoms with E-state index >= 15 is 0 Å². The number of sulfonamides is 1. The van der Waals surface area contributed by atoms with Crippen molar-refractivity contribution in [1.29, 1.82) is 0 Å². The Balaban J connectivity index is 1.51. The highest BCUT2D eigenvalue weighted by Gasteiger charge is 2.59. The molecule has 3 aliphatic rings. The second-order valence-corrected chi connectivity index (χ2v) is 11.7. The fraction of sp³-hybridized carbons (Fsp3) is 0.462. The summed E-state index contributed by atoms with van der Waals surface area (Å²) in [5.41, 5.74) is 4.63. The van der Waals surface area contributed by atoms with Crippen molar-refractivity contribution in [2.24, 2.45) is 11.8 Å². The maximum atomic E-state index is 13.2. The smallest absolute Gasteiger partial charge is 0.242 e. The van der Waals surface area contributed by atoms with Gasteiger partial charge in [0.2, 0.25) is 10.0 Å². The highest BCUT2D eigenvalue weighted by Crippen LogP contribution is 2.60. The average Bonchev–Trinajstić information content (AvgIpc) is 3.12. The molecule has 0 N–H and O–H groups in total. The Morgan fingerprint density at radius 1 is 1.10 bits per heavy atom. The highest BCUT2D eigenvalue weighted by atomic mass is 32.2. The Bertz CT molecular complexity index is 1150. The number of ether oxygens (including phenoxy) is 1. The van der Waals surface area contributed by atoms with Crippen LogP contribution in [0.2, 0.25) is 0 Å². The molecule has 31 heavy (non-hydrogen) atoms. The molecule has 2 aromatic carbocycles. The monoisotopic (exact) mass is 437 g/mol. The summed E-state index contributed by atoms with van der Waals surface area (Å²) in [5, 5.41) is 0. The lowest BCUT2D eigenvalue weighted by Gasteiger charge is -2.49. The molecular formula is C26H31NO3S. The van der Waals surface area contributed by atoms with Gasteiger partial charge in [0.15, 0.2) is 0 Å². The van der Waals surface area contributed by atoms with Crippen LogP contribution < -0.4 is 4.74 Å². The Morgan fingerprint density at radius 3 is 2.58 bits per heavy atom. The van der Waals surface area contributed by atoms with Gasteiger partial charge in [-0.2, -0.15) is 0 Å². The summed E-state index contributed by atoms with van der Waals surface area (Å²) in [5.74, 6) is 1.87. The summed E-state index contributed by atoms with van der Waals surface area (Å²) in [6.07, 6.45) is 7.72. The molecule has 1 heterocycles. The zero-order valence-corrected chi connectivity index (χ0v) is 19.6. The van der Waals surface area contributed by atoms with E-state index in [1.165, 1.54) is 21.0 Å². The summed E-state index contributed by atoms with van der Waals surface area (Å²) in [4.78, 5) is 0.356. The van der Waals surface area contributed by atoms with E-state index in [-0.39, 0.29) is 11.5 Å². The van der Waals surface area contributed by atoms with E-state index in [2.05, 4.69) is 38.1 Å². The molecule has 0 spiro atoms. The summed E-state index contributed by atoms with van der Waals surface area (Å²) in [6.45, 7) is 6.84. The van der Waals surface area contributed by atoms with Crippen molar-refractivity contribution in [3.05, 3.63) is 64.7 Å². The Kier molecular flexibility index (Phi) is 4.83. The molecular weight excluding hydrogens is 406 g/mol.